The van der Waals surface area contributed by atoms with Crippen molar-refractivity contribution in [2.75, 3.05) is 6.61 Å². The number of rotatable bonds is 6. The van der Waals surface area contributed by atoms with E-state index in [0.717, 1.165) is 23.3 Å². The van der Waals surface area contributed by atoms with Gasteiger partial charge in [-0.3, -0.25) is 4.79 Å². The molecule has 0 saturated heterocycles. The summed E-state index contributed by atoms with van der Waals surface area (Å²) in [6, 6.07) is 9.40. The minimum absolute atomic E-state index is 0.439. The lowest BCUT2D eigenvalue weighted by molar-refractivity contribution is 0.112. The van der Waals surface area contributed by atoms with E-state index in [1.807, 2.05) is 42.6 Å². The molecular weight excluding hydrogens is 248 g/mol. The molecule has 0 spiro atoms. The molecule has 0 aliphatic rings. The minimum atomic E-state index is 0.439. The second-order valence-corrected chi connectivity index (χ2v) is 4.59. The largest absolute Gasteiger partial charge is 0.490 e. The quantitative estimate of drug-likeness (QED) is 0.747. The summed E-state index contributed by atoms with van der Waals surface area (Å²) >= 11 is 1.42. The SMILES string of the molecule is CCOc1ccccc1OCc1csc(C=O)c1. The van der Waals surface area contributed by atoms with Crippen LogP contribution in [0, 0.1) is 0 Å². The van der Waals surface area contributed by atoms with Crippen LogP contribution in [-0.4, -0.2) is 12.9 Å². The van der Waals surface area contributed by atoms with E-state index in [-0.39, 0.29) is 0 Å². The first-order chi connectivity index (χ1) is 8.83. The smallest absolute Gasteiger partial charge is 0.161 e. The Morgan fingerprint density at radius 1 is 1.22 bits per heavy atom. The summed E-state index contributed by atoms with van der Waals surface area (Å²) in [5.41, 5.74) is 0.994. The molecule has 1 heterocycles. The highest BCUT2D eigenvalue weighted by Gasteiger charge is 2.05. The van der Waals surface area contributed by atoms with Gasteiger partial charge in [-0.05, 0) is 30.5 Å². The van der Waals surface area contributed by atoms with Gasteiger partial charge in [0.25, 0.3) is 0 Å². The molecule has 3 nitrogen and oxygen atoms in total. The lowest BCUT2D eigenvalue weighted by Crippen LogP contribution is -1.98. The first-order valence-electron chi connectivity index (χ1n) is 5.70. The number of aldehydes is 1. The maximum Gasteiger partial charge on any atom is 0.161 e. The van der Waals surface area contributed by atoms with Crippen LogP contribution in [0.5, 0.6) is 11.5 Å². The molecule has 2 aromatic rings. The van der Waals surface area contributed by atoms with Crippen LogP contribution in [0.2, 0.25) is 0 Å². The molecule has 0 radical (unpaired) electrons. The van der Waals surface area contributed by atoms with Crippen LogP contribution >= 0.6 is 11.3 Å². The molecule has 0 aliphatic carbocycles. The number of para-hydroxylation sites is 2. The fourth-order valence-corrected chi connectivity index (χ4v) is 2.24. The zero-order valence-corrected chi connectivity index (χ0v) is 10.9. The van der Waals surface area contributed by atoms with Gasteiger partial charge < -0.3 is 9.47 Å². The molecule has 1 aromatic carbocycles. The number of ether oxygens (including phenoxy) is 2. The number of hydrogen-bond acceptors (Lipinski definition) is 4. The first kappa shape index (κ1) is 12.6. The topological polar surface area (TPSA) is 35.5 Å². The summed E-state index contributed by atoms with van der Waals surface area (Å²) in [6.07, 6.45) is 0.850. The third-order valence-electron chi connectivity index (χ3n) is 2.33. The molecule has 0 bridgehead atoms. The Labute approximate surface area is 110 Å². The predicted octanol–water partition coefficient (Wildman–Crippen LogP) is 3.54. The molecule has 0 atom stereocenters. The van der Waals surface area contributed by atoms with E-state index in [0.29, 0.717) is 18.1 Å². The Hall–Kier alpha value is -1.81. The average Bonchev–Trinajstić information content (AvgIpc) is 2.86. The van der Waals surface area contributed by atoms with E-state index >= 15 is 0 Å². The first-order valence-corrected chi connectivity index (χ1v) is 6.58. The van der Waals surface area contributed by atoms with Gasteiger partial charge in [-0.25, -0.2) is 0 Å². The molecule has 0 aliphatic heterocycles. The Balaban J connectivity index is 2.03. The maximum absolute atomic E-state index is 10.6. The van der Waals surface area contributed by atoms with Gasteiger partial charge >= 0.3 is 0 Å². The molecule has 0 amide bonds. The van der Waals surface area contributed by atoms with Gasteiger partial charge in [0.15, 0.2) is 17.8 Å². The zero-order chi connectivity index (χ0) is 12.8. The molecule has 4 heteroatoms. The van der Waals surface area contributed by atoms with Crippen molar-refractivity contribution in [3.05, 3.63) is 46.2 Å². The van der Waals surface area contributed by atoms with Crippen LogP contribution in [-0.2, 0) is 6.61 Å². The highest BCUT2D eigenvalue weighted by atomic mass is 32.1. The Kier molecular flexibility index (Phi) is 4.36. The third kappa shape index (κ3) is 3.11. The zero-order valence-electron chi connectivity index (χ0n) is 10.1. The standard InChI is InChI=1S/C14H14O3S/c1-2-16-13-5-3-4-6-14(13)17-9-11-7-12(8-15)18-10-11/h3-8,10H,2,9H2,1H3. The summed E-state index contributed by atoms with van der Waals surface area (Å²) in [5.74, 6) is 1.46. The normalized spacial score (nSPS) is 10.1. The minimum Gasteiger partial charge on any atom is -0.490 e. The number of benzene rings is 1. The lowest BCUT2D eigenvalue weighted by atomic mass is 10.3. The summed E-state index contributed by atoms with van der Waals surface area (Å²) < 4.78 is 11.2. The van der Waals surface area contributed by atoms with Crippen LogP contribution in [0.4, 0.5) is 0 Å². The molecule has 94 valence electrons. The average molecular weight is 262 g/mol. The third-order valence-corrected chi connectivity index (χ3v) is 3.24. The Morgan fingerprint density at radius 3 is 2.56 bits per heavy atom. The van der Waals surface area contributed by atoms with Crippen molar-refractivity contribution in [3.63, 3.8) is 0 Å². The van der Waals surface area contributed by atoms with Crippen molar-refractivity contribution in [2.24, 2.45) is 0 Å². The van der Waals surface area contributed by atoms with E-state index in [2.05, 4.69) is 0 Å². The van der Waals surface area contributed by atoms with Gasteiger partial charge in [0.05, 0.1) is 11.5 Å². The fraction of sp³-hybridized carbons (Fsp3) is 0.214. The highest BCUT2D eigenvalue weighted by molar-refractivity contribution is 7.11. The van der Waals surface area contributed by atoms with Crippen molar-refractivity contribution in [3.8, 4) is 11.5 Å². The molecule has 0 unspecified atom stereocenters. The van der Waals surface area contributed by atoms with Crippen molar-refractivity contribution in [2.45, 2.75) is 13.5 Å². The van der Waals surface area contributed by atoms with Gasteiger partial charge in [-0.1, -0.05) is 12.1 Å². The number of thiophene rings is 1. The van der Waals surface area contributed by atoms with Gasteiger partial charge in [0.2, 0.25) is 0 Å². The van der Waals surface area contributed by atoms with Crippen LogP contribution in [0.1, 0.15) is 22.2 Å². The molecule has 18 heavy (non-hydrogen) atoms. The van der Waals surface area contributed by atoms with Gasteiger partial charge in [0.1, 0.15) is 6.61 Å². The molecular formula is C14H14O3S. The van der Waals surface area contributed by atoms with Crippen molar-refractivity contribution in [1.82, 2.24) is 0 Å². The van der Waals surface area contributed by atoms with Crippen LogP contribution in [0.3, 0.4) is 0 Å². The van der Waals surface area contributed by atoms with E-state index in [1.54, 1.807) is 0 Å². The number of carbonyl (C=O) groups excluding carboxylic acids is 1. The summed E-state index contributed by atoms with van der Waals surface area (Å²) in [7, 11) is 0. The predicted molar refractivity (Wildman–Crippen MR) is 71.6 cm³/mol. The highest BCUT2D eigenvalue weighted by Crippen LogP contribution is 2.27. The van der Waals surface area contributed by atoms with Crippen LogP contribution in [0.15, 0.2) is 35.7 Å². The van der Waals surface area contributed by atoms with E-state index in [4.69, 9.17) is 9.47 Å². The summed E-state index contributed by atoms with van der Waals surface area (Å²) in [4.78, 5) is 11.3. The molecule has 0 saturated carbocycles. The van der Waals surface area contributed by atoms with Crippen molar-refractivity contribution in [1.29, 1.82) is 0 Å². The van der Waals surface area contributed by atoms with Crippen molar-refractivity contribution >= 4 is 17.6 Å². The van der Waals surface area contributed by atoms with Crippen LogP contribution in [0.25, 0.3) is 0 Å². The Morgan fingerprint density at radius 2 is 1.94 bits per heavy atom. The van der Waals surface area contributed by atoms with Crippen LogP contribution < -0.4 is 9.47 Å². The number of hydrogen-bond donors (Lipinski definition) is 0. The molecule has 0 fully saturated rings. The monoisotopic (exact) mass is 262 g/mol. The van der Waals surface area contributed by atoms with E-state index in [9.17, 15) is 4.79 Å². The van der Waals surface area contributed by atoms with Gasteiger partial charge in [-0.2, -0.15) is 0 Å². The summed E-state index contributed by atoms with van der Waals surface area (Å²) in [5, 5.41) is 1.92. The molecule has 0 N–H and O–H groups in total. The molecule has 2 rings (SSSR count). The van der Waals surface area contributed by atoms with Gasteiger partial charge in [-0.15, -0.1) is 11.3 Å². The Bertz CT molecular complexity index is 519. The number of carbonyl (C=O) groups is 1. The van der Waals surface area contributed by atoms with Crippen molar-refractivity contribution < 1.29 is 14.3 Å². The lowest BCUT2D eigenvalue weighted by Gasteiger charge is -2.10. The fourth-order valence-electron chi connectivity index (χ4n) is 1.54. The second kappa shape index (κ2) is 6.21. The van der Waals surface area contributed by atoms with Gasteiger partial charge in [0, 0.05) is 5.56 Å². The summed E-state index contributed by atoms with van der Waals surface area (Å²) in [6.45, 7) is 2.98. The maximum atomic E-state index is 10.6. The van der Waals surface area contributed by atoms with E-state index < -0.39 is 0 Å². The molecule has 1 aromatic heterocycles. The second-order valence-electron chi connectivity index (χ2n) is 3.64. The van der Waals surface area contributed by atoms with E-state index in [1.165, 1.54) is 11.3 Å².